The molecular weight excluding hydrogens is 655 g/mol. The average molecular weight is 700 g/mol. The maximum Gasteiger partial charge on any atom is 0.264 e. The van der Waals surface area contributed by atoms with E-state index in [4.69, 9.17) is 4.74 Å². The Kier molecular flexibility index (Phi) is 12.4. The molecule has 0 radical (unpaired) electrons. The zero-order valence-electron chi connectivity index (χ0n) is 28.4. The van der Waals surface area contributed by atoms with E-state index in [9.17, 15) is 18.0 Å². The second kappa shape index (κ2) is 16.9. The molecule has 4 aromatic carbocycles. The Hall–Kier alpha value is -4.28. The number of thioether (sulfide) groups is 1. The first-order valence-corrected chi connectivity index (χ1v) is 19.4. The minimum absolute atomic E-state index is 0.0425. The lowest BCUT2D eigenvalue weighted by Gasteiger charge is -2.34. The van der Waals surface area contributed by atoms with Crippen molar-refractivity contribution in [3.8, 4) is 5.75 Å². The molecule has 258 valence electrons. The van der Waals surface area contributed by atoms with Crippen LogP contribution < -0.4 is 14.4 Å². The molecule has 5 rings (SSSR count). The summed E-state index contributed by atoms with van der Waals surface area (Å²) in [5.74, 6) is -0.402. The summed E-state index contributed by atoms with van der Waals surface area (Å²) in [6.45, 7) is 3.69. The third-order valence-electron chi connectivity index (χ3n) is 8.77. The second-order valence-corrected chi connectivity index (χ2v) is 15.0. The molecule has 1 fully saturated rings. The average Bonchev–Trinajstić information content (AvgIpc) is 3.62. The van der Waals surface area contributed by atoms with Crippen LogP contribution in [0.5, 0.6) is 5.75 Å². The number of aryl methyl sites for hydroxylation is 1. The molecule has 1 aliphatic rings. The van der Waals surface area contributed by atoms with Gasteiger partial charge in [0.25, 0.3) is 10.0 Å². The van der Waals surface area contributed by atoms with Crippen LogP contribution in [-0.2, 0) is 32.6 Å². The van der Waals surface area contributed by atoms with Gasteiger partial charge in [-0.2, -0.15) is 0 Å². The molecule has 0 saturated heterocycles. The molecule has 0 aliphatic heterocycles. The fraction of sp³-hybridized carbons (Fsp3) is 0.333. The molecule has 1 N–H and O–H groups in total. The topological polar surface area (TPSA) is 96.0 Å². The highest BCUT2D eigenvalue weighted by molar-refractivity contribution is 7.98. The number of anilines is 1. The Morgan fingerprint density at radius 1 is 0.898 bits per heavy atom. The number of nitrogens with one attached hydrogen (secondary N) is 1. The van der Waals surface area contributed by atoms with Crippen LogP contribution in [0, 0.1) is 6.92 Å². The number of benzene rings is 4. The van der Waals surface area contributed by atoms with E-state index in [0.29, 0.717) is 12.4 Å². The Bertz CT molecular complexity index is 1810. The van der Waals surface area contributed by atoms with Crippen molar-refractivity contribution in [1.29, 1.82) is 0 Å². The fourth-order valence-corrected chi connectivity index (χ4v) is 8.09. The highest BCUT2D eigenvalue weighted by atomic mass is 32.2. The normalized spacial score (nSPS) is 13.9. The van der Waals surface area contributed by atoms with Crippen LogP contribution in [0.1, 0.15) is 49.3 Å². The summed E-state index contributed by atoms with van der Waals surface area (Å²) in [6, 6.07) is 30.0. The summed E-state index contributed by atoms with van der Waals surface area (Å²) in [7, 11) is -4.26. The van der Waals surface area contributed by atoms with Crippen LogP contribution in [0.3, 0.4) is 0 Å². The maximum atomic E-state index is 14.8. The van der Waals surface area contributed by atoms with Crippen LogP contribution >= 0.6 is 11.8 Å². The van der Waals surface area contributed by atoms with Crippen molar-refractivity contribution in [3.05, 3.63) is 120 Å². The van der Waals surface area contributed by atoms with Gasteiger partial charge in [0.05, 0.1) is 17.2 Å². The van der Waals surface area contributed by atoms with Gasteiger partial charge in [-0.3, -0.25) is 13.9 Å². The van der Waals surface area contributed by atoms with Crippen LogP contribution in [0.2, 0.25) is 0 Å². The Balaban J connectivity index is 1.59. The monoisotopic (exact) mass is 699 g/mol. The minimum atomic E-state index is -4.26. The van der Waals surface area contributed by atoms with Gasteiger partial charge in [0.15, 0.2) is 0 Å². The maximum absolute atomic E-state index is 14.8. The summed E-state index contributed by atoms with van der Waals surface area (Å²) in [5, 5.41) is 3.22. The van der Waals surface area contributed by atoms with E-state index in [1.807, 2.05) is 74.7 Å². The smallest absolute Gasteiger partial charge is 0.264 e. The molecule has 1 atom stereocenters. The number of ether oxygens (including phenoxy) is 1. The summed E-state index contributed by atoms with van der Waals surface area (Å²) < 4.78 is 36.0. The summed E-state index contributed by atoms with van der Waals surface area (Å²) in [5.41, 5.74) is 3.01. The van der Waals surface area contributed by atoms with Gasteiger partial charge in [0.2, 0.25) is 11.8 Å². The van der Waals surface area contributed by atoms with Crippen LogP contribution in [0.15, 0.2) is 113 Å². The van der Waals surface area contributed by atoms with Gasteiger partial charge in [-0.1, -0.05) is 85.1 Å². The summed E-state index contributed by atoms with van der Waals surface area (Å²) >= 11 is 1.51. The predicted octanol–water partition coefficient (Wildman–Crippen LogP) is 7.01. The number of amides is 2. The molecule has 1 aliphatic carbocycles. The van der Waals surface area contributed by atoms with E-state index in [1.54, 1.807) is 53.4 Å². The van der Waals surface area contributed by atoms with Crippen molar-refractivity contribution >= 4 is 39.3 Å². The van der Waals surface area contributed by atoms with Crippen molar-refractivity contribution in [2.45, 2.75) is 74.4 Å². The summed E-state index contributed by atoms with van der Waals surface area (Å²) in [6.07, 6.45) is 6.07. The van der Waals surface area contributed by atoms with Crippen molar-refractivity contribution in [1.82, 2.24) is 10.2 Å². The zero-order chi connectivity index (χ0) is 34.8. The molecule has 0 bridgehead atoms. The Labute approximate surface area is 294 Å². The molecule has 0 aromatic heterocycles. The second-order valence-electron chi connectivity index (χ2n) is 12.3. The van der Waals surface area contributed by atoms with Gasteiger partial charge in [-0.25, -0.2) is 8.42 Å². The summed E-state index contributed by atoms with van der Waals surface area (Å²) in [4.78, 5) is 31.6. The van der Waals surface area contributed by atoms with Gasteiger partial charge in [-0.15, -0.1) is 11.8 Å². The largest absolute Gasteiger partial charge is 0.492 e. The number of carbonyl (C=O) groups is 2. The molecule has 49 heavy (non-hydrogen) atoms. The van der Waals surface area contributed by atoms with E-state index in [-0.39, 0.29) is 35.5 Å². The lowest BCUT2D eigenvalue weighted by Crippen LogP contribution is -2.54. The molecule has 10 heteroatoms. The van der Waals surface area contributed by atoms with E-state index in [1.165, 1.54) is 11.8 Å². The van der Waals surface area contributed by atoms with Crippen LogP contribution in [0.25, 0.3) is 0 Å². The van der Waals surface area contributed by atoms with Gasteiger partial charge in [0, 0.05) is 23.9 Å². The van der Waals surface area contributed by atoms with Crippen molar-refractivity contribution in [3.63, 3.8) is 0 Å². The van der Waals surface area contributed by atoms with Crippen molar-refractivity contribution in [2.75, 3.05) is 23.7 Å². The number of sulfonamides is 1. The number of hydrogen-bond donors (Lipinski definition) is 1. The van der Waals surface area contributed by atoms with Crippen molar-refractivity contribution < 1.29 is 22.7 Å². The highest BCUT2D eigenvalue weighted by Gasteiger charge is 2.36. The third-order valence-corrected chi connectivity index (χ3v) is 11.3. The Morgan fingerprint density at radius 2 is 1.57 bits per heavy atom. The van der Waals surface area contributed by atoms with E-state index >= 15 is 0 Å². The SMILES string of the molecule is CCOc1ccccc1N(CC(=O)N(Cc1cccc(C)c1)C(Cc1ccccc1)C(=O)NC1CCCC1)S(=O)(=O)c1ccc(SC)cc1. The van der Waals surface area contributed by atoms with Gasteiger partial charge >= 0.3 is 0 Å². The van der Waals surface area contributed by atoms with Crippen LogP contribution in [-0.4, -0.2) is 56.6 Å². The zero-order valence-corrected chi connectivity index (χ0v) is 30.0. The number of rotatable bonds is 15. The first kappa shape index (κ1) is 36.0. The third kappa shape index (κ3) is 9.25. The van der Waals surface area contributed by atoms with Gasteiger partial charge in [0.1, 0.15) is 18.3 Å². The highest BCUT2D eigenvalue weighted by Crippen LogP contribution is 2.33. The molecule has 0 spiro atoms. The number of hydrogen-bond acceptors (Lipinski definition) is 6. The van der Waals surface area contributed by atoms with Gasteiger partial charge in [-0.05, 0) is 80.5 Å². The first-order valence-electron chi connectivity index (χ1n) is 16.8. The molecule has 8 nitrogen and oxygen atoms in total. The predicted molar refractivity (Wildman–Crippen MR) is 196 cm³/mol. The number of nitrogens with zero attached hydrogens (tertiary/aromatic N) is 2. The van der Waals surface area contributed by atoms with E-state index in [0.717, 1.165) is 51.6 Å². The van der Waals surface area contributed by atoms with Gasteiger partial charge < -0.3 is 15.0 Å². The molecule has 2 amide bonds. The standard InChI is InChI=1S/C39H45N3O5S2/c1-4-47-37-20-11-10-19-35(37)42(49(45,46)34-23-21-33(48-3)22-24-34)28-38(43)41(27-31-16-12-13-29(2)25-31)36(26-30-14-6-5-7-15-30)39(44)40-32-17-8-9-18-32/h5-7,10-16,19-25,32,36H,4,8-9,17-18,26-28H2,1-3H3,(H,40,44). The fourth-order valence-electron chi connectivity index (χ4n) is 6.26. The Morgan fingerprint density at radius 3 is 2.24 bits per heavy atom. The molecular formula is C39H45N3O5S2. The molecule has 1 unspecified atom stereocenters. The lowest BCUT2D eigenvalue weighted by atomic mass is 10.0. The first-order chi connectivity index (χ1) is 23.7. The van der Waals surface area contributed by atoms with Crippen molar-refractivity contribution in [2.24, 2.45) is 0 Å². The molecule has 1 saturated carbocycles. The van der Waals surface area contributed by atoms with E-state index in [2.05, 4.69) is 5.32 Å². The number of carbonyl (C=O) groups excluding carboxylic acids is 2. The molecule has 0 heterocycles. The molecule has 4 aromatic rings. The minimum Gasteiger partial charge on any atom is -0.492 e. The lowest BCUT2D eigenvalue weighted by molar-refractivity contribution is -0.140. The van der Waals surface area contributed by atoms with Crippen LogP contribution in [0.4, 0.5) is 5.69 Å². The quantitative estimate of drug-likeness (QED) is 0.134. The van der Waals surface area contributed by atoms with E-state index < -0.39 is 28.5 Å². The number of para-hydroxylation sites is 2.